The normalized spacial score (nSPS) is 30.0. The summed E-state index contributed by atoms with van der Waals surface area (Å²) in [7, 11) is -1.83. The van der Waals surface area contributed by atoms with Crippen molar-refractivity contribution >= 4 is 21.5 Å². The number of anilines is 1. The zero-order valence-electron chi connectivity index (χ0n) is 17.0. The molecule has 6 nitrogen and oxygen atoms in total. The summed E-state index contributed by atoms with van der Waals surface area (Å²) in [5.74, 6) is 1.26. The third-order valence-corrected chi connectivity index (χ3v) is 9.64. The van der Waals surface area contributed by atoms with Gasteiger partial charge in [-0.25, -0.2) is 8.42 Å². The summed E-state index contributed by atoms with van der Waals surface area (Å²) < 4.78 is 33.5. The highest BCUT2D eigenvalue weighted by Gasteiger charge is 2.65. The van der Waals surface area contributed by atoms with Crippen LogP contribution in [0.3, 0.4) is 0 Å². The van der Waals surface area contributed by atoms with Gasteiger partial charge in [0, 0.05) is 38.0 Å². The van der Waals surface area contributed by atoms with E-state index in [1.165, 1.54) is 0 Å². The molecule has 1 aliphatic heterocycles. The summed E-state index contributed by atoms with van der Waals surface area (Å²) >= 11 is 0. The number of benzene rings is 1. The Kier molecular flexibility index (Phi) is 4.74. The Labute approximate surface area is 167 Å². The van der Waals surface area contributed by atoms with Crippen molar-refractivity contribution in [3.63, 3.8) is 0 Å². The molecule has 1 saturated heterocycles. The van der Waals surface area contributed by atoms with Gasteiger partial charge in [0.2, 0.25) is 10.0 Å². The first-order valence-electron chi connectivity index (χ1n) is 10.1. The Bertz CT molecular complexity index is 874. The van der Waals surface area contributed by atoms with Crippen molar-refractivity contribution in [3.05, 3.63) is 24.3 Å². The van der Waals surface area contributed by atoms with Gasteiger partial charge in [0.1, 0.15) is 11.5 Å². The van der Waals surface area contributed by atoms with Crippen LogP contribution in [0.1, 0.15) is 33.1 Å². The number of hydrogen-bond donors (Lipinski definition) is 0. The standard InChI is InChI=1S/C21H30N2O4S/c1-20(2)16-8-9-21(20,19(24)14-16)15-28(25,26)23-12-10-22(11-13-23)17-6-4-5-7-18(17)27-3/h4-7,16H,8-15H2,1-3H3/t16-,21+/m0/s1. The Morgan fingerprint density at radius 2 is 1.82 bits per heavy atom. The van der Waals surface area contributed by atoms with Gasteiger partial charge >= 0.3 is 0 Å². The van der Waals surface area contributed by atoms with Gasteiger partial charge in [0.15, 0.2) is 0 Å². The summed E-state index contributed by atoms with van der Waals surface area (Å²) in [6, 6.07) is 7.81. The molecule has 7 heteroatoms. The SMILES string of the molecule is COc1ccccc1N1CCN(S(=O)(=O)C[C@]23CC[C@@H](CC2=O)C3(C)C)CC1. The van der Waals surface area contributed by atoms with Crippen molar-refractivity contribution in [2.45, 2.75) is 33.1 Å². The van der Waals surface area contributed by atoms with E-state index in [-0.39, 0.29) is 17.0 Å². The molecule has 2 atom stereocenters. The van der Waals surface area contributed by atoms with Crippen LogP contribution in [0, 0.1) is 16.7 Å². The Morgan fingerprint density at radius 1 is 1.14 bits per heavy atom. The van der Waals surface area contributed by atoms with E-state index in [1.54, 1.807) is 11.4 Å². The number of carbonyl (C=O) groups is 1. The number of rotatable bonds is 5. The molecule has 4 rings (SSSR count). The highest BCUT2D eigenvalue weighted by molar-refractivity contribution is 7.89. The van der Waals surface area contributed by atoms with Gasteiger partial charge < -0.3 is 9.64 Å². The molecule has 0 spiro atoms. The number of sulfonamides is 1. The van der Waals surface area contributed by atoms with E-state index in [0.29, 0.717) is 44.9 Å². The smallest absolute Gasteiger partial charge is 0.215 e. The van der Waals surface area contributed by atoms with Crippen LogP contribution >= 0.6 is 0 Å². The first-order chi connectivity index (χ1) is 13.2. The molecule has 1 aromatic rings. The van der Waals surface area contributed by atoms with E-state index >= 15 is 0 Å². The lowest BCUT2D eigenvalue weighted by Crippen LogP contribution is -2.52. The van der Waals surface area contributed by atoms with Crippen molar-refractivity contribution in [3.8, 4) is 5.75 Å². The van der Waals surface area contributed by atoms with Gasteiger partial charge in [-0.05, 0) is 36.3 Å². The third kappa shape index (κ3) is 2.86. The van der Waals surface area contributed by atoms with Crippen LogP contribution in [0.25, 0.3) is 0 Å². The first kappa shape index (κ1) is 19.7. The van der Waals surface area contributed by atoms with Crippen LogP contribution in [0.15, 0.2) is 24.3 Å². The number of fused-ring (bicyclic) bond motifs is 2. The van der Waals surface area contributed by atoms with Gasteiger partial charge in [-0.2, -0.15) is 4.31 Å². The number of para-hydroxylation sites is 2. The lowest BCUT2D eigenvalue weighted by Gasteiger charge is -2.40. The summed E-state index contributed by atoms with van der Waals surface area (Å²) in [4.78, 5) is 14.9. The van der Waals surface area contributed by atoms with E-state index in [9.17, 15) is 13.2 Å². The van der Waals surface area contributed by atoms with Crippen LogP contribution in [-0.4, -0.2) is 57.5 Å². The van der Waals surface area contributed by atoms with Crippen molar-refractivity contribution in [2.75, 3.05) is 43.9 Å². The number of hydrogen-bond acceptors (Lipinski definition) is 5. The summed E-state index contributed by atoms with van der Waals surface area (Å²) in [5, 5.41) is 0. The molecular formula is C21H30N2O4S. The molecule has 1 heterocycles. The molecule has 0 unspecified atom stereocenters. The molecule has 3 fully saturated rings. The molecule has 1 aromatic carbocycles. The van der Waals surface area contributed by atoms with Gasteiger partial charge in [-0.1, -0.05) is 26.0 Å². The number of methoxy groups -OCH3 is 1. The lowest BCUT2D eigenvalue weighted by atomic mass is 9.70. The highest BCUT2D eigenvalue weighted by atomic mass is 32.2. The van der Waals surface area contributed by atoms with Crippen molar-refractivity contribution in [1.29, 1.82) is 0 Å². The molecule has 0 radical (unpaired) electrons. The maximum atomic E-state index is 13.3. The van der Waals surface area contributed by atoms with Gasteiger partial charge in [0.25, 0.3) is 0 Å². The highest BCUT2D eigenvalue weighted by Crippen LogP contribution is 2.64. The second-order valence-corrected chi connectivity index (χ2v) is 10.9. The van der Waals surface area contributed by atoms with Crippen LogP contribution < -0.4 is 9.64 Å². The van der Waals surface area contributed by atoms with Crippen molar-refractivity contribution in [1.82, 2.24) is 4.31 Å². The quantitative estimate of drug-likeness (QED) is 0.752. The summed E-state index contributed by atoms with van der Waals surface area (Å²) in [6.07, 6.45) is 2.23. The minimum absolute atomic E-state index is 0.0308. The molecule has 28 heavy (non-hydrogen) atoms. The fourth-order valence-corrected chi connectivity index (χ4v) is 7.81. The first-order valence-corrected chi connectivity index (χ1v) is 11.7. The predicted molar refractivity (Wildman–Crippen MR) is 109 cm³/mol. The number of carbonyl (C=O) groups excluding carboxylic acids is 1. The molecule has 0 amide bonds. The number of Topliss-reactive ketones (excluding diaryl/α,β-unsaturated/α-hetero) is 1. The topological polar surface area (TPSA) is 66.9 Å². The number of piperazine rings is 1. The maximum Gasteiger partial charge on any atom is 0.215 e. The van der Waals surface area contributed by atoms with Gasteiger partial charge in [-0.15, -0.1) is 0 Å². The van der Waals surface area contributed by atoms with Gasteiger partial charge in [0.05, 0.1) is 18.6 Å². The van der Waals surface area contributed by atoms with Crippen LogP contribution in [0.4, 0.5) is 5.69 Å². The average molecular weight is 407 g/mol. The number of ether oxygens (including phenoxy) is 1. The molecule has 0 aromatic heterocycles. The Morgan fingerprint density at radius 3 is 2.39 bits per heavy atom. The maximum absolute atomic E-state index is 13.3. The van der Waals surface area contributed by atoms with E-state index in [1.807, 2.05) is 24.3 Å². The van der Waals surface area contributed by atoms with E-state index in [4.69, 9.17) is 4.74 Å². The minimum atomic E-state index is -3.48. The molecule has 2 bridgehead atoms. The minimum Gasteiger partial charge on any atom is -0.495 e. The summed E-state index contributed by atoms with van der Waals surface area (Å²) in [5.41, 5.74) is 0.0681. The van der Waals surface area contributed by atoms with Crippen LogP contribution in [0.5, 0.6) is 5.75 Å². The Hall–Kier alpha value is -1.60. The molecule has 2 aliphatic carbocycles. The molecule has 3 aliphatic rings. The molecule has 2 saturated carbocycles. The van der Waals surface area contributed by atoms with Crippen LogP contribution in [0.2, 0.25) is 0 Å². The largest absolute Gasteiger partial charge is 0.495 e. The molecule has 154 valence electrons. The average Bonchev–Trinajstić information content (AvgIpc) is 3.02. The van der Waals surface area contributed by atoms with E-state index in [2.05, 4.69) is 18.7 Å². The van der Waals surface area contributed by atoms with E-state index in [0.717, 1.165) is 17.9 Å². The third-order valence-electron chi connectivity index (χ3n) is 7.63. The zero-order chi connectivity index (χ0) is 20.2. The summed E-state index contributed by atoms with van der Waals surface area (Å²) in [6.45, 7) is 6.29. The molecule has 0 N–H and O–H groups in total. The zero-order valence-corrected chi connectivity index (χ0v) is 17.8. The number of ketones is 1. The second-order valence-electron chi connectivity index (χ2n) is 8.98. The van der Waals surface area contributed by atoms with Gasteiger partial charge in [-0.3, -0.25) is 4.79 Å². The number of nitrogens with zero attached hydrogens (tertiary/aromatic N) is 2. The van der Waals surface area contributed by atoms with Crippen molar-refractivity contribution < 1.29 is 17.9 Å². The fourth-order valence-electron chi connectivity index (χ4n) is 5.61. The molecular weight excluding hydrogens is 376 g/mol. The van der Waals surface area contributed by atoms with Crippen LogP contribution in [-0.2, 0) is 14.8 Å². The Balaban J connectivity index is 1.48. The van der Waals surface area contributed by atoms with Crippen molar-refractivity contribution in [2.24, 2.45) is 16.7 Å². The lowest BCUT2D eigenvalue weighted by molar-refractivity contribution is -0.128. The second kappa shape index (κ2) is 6.73. The fraction of sp³-hybridized carbons (Fsp3) is 0.667. The predicted octanol–water partition coefficient (Wildman–Crippen LogP) is 2.54. The monoisotopic (exact) mass is 406 g/mol. The van der Waals surface area contributed by atoms with E-state index < -0.39 is 15.4 Å².